The number of unbranched alkanes of at least 4 members (excludes halogenated alkanes) is 10. The lowest BCUT2D eigenvalue weighted by Gasteiger charge is -2.03. The molecule has 0 saturated carbocycles. The van der Waals surface area contributed by atoms with Crippen LogP contribution in [0.2, 0.25) is 0 Å². The van der Waals surface area contributed by atoms with Crippen molar-refractivity contribution in [2.24, 2.45) is 0 Å². The predicted molar refractivity (Wildman–Crippen MR) is 72.4 cm³/mol. The number of aliphatic hydroxyl groups is 1. The first-order valence-corrected chi connectivity index (χ1v) is 7.28. The Morgan fingerprint density at radius 1 is 0.812 bits per heavy atom. The zero-order chi connectivity index (χ0) is 12.1. The zero-order valence-electron chi connectivity index (χ0n) is 11.4. The Hall–Kier alpha value is -0.0400. The van der Waals surface area contributed by atoms with E-state index in [1.54, 1.807) is 0 Å². The maximum absolute atomic E-state index is 9.04. The summed E-state index contributed by atoms with van der Waals surface area (Å²) in [6.07, 6.45) is 16.7. The van der Waals surface area contributed by atoms with Crippen LogP contribution in [0.1, 0.15) is 84.5 Å². The lowest BCUT2D eigenvalue weighted by Crippen LogP contribution is -1.99. The summed E-state index contributed by atoms with van der Waals surface area (Å²) in [6.45, 7) is 4.10. The molecule has 0 fully saturated rings. The maximum atomic E-state index is 9.04. The van der Waals surface area contributed by atoms with Crippen molar-refractivity contribution in [3.05, 3.63) is 6.42 Å². The van der Waals surface area contributed by atoms with Crippen molar-refractivity contribution in [2.45, 2.75) is 90.6 Å². The normalized spacial score (nSPS) is 12.9. The molecule has 0 aliphatic rings. The number of hydrogen-bond acceptors (Lipinski definition) is 1. The van der Waals surface area contributed by atoms with E-state index < -0.39 is 0 Å². The van der Waals surface area contributed by atoms with Crippen LogP contribution in [0.4, 0.5) is 0 Å². The standard InChI is InChI=1S/C15H31O/c1-3-4-5-6-7-8-9-10-11-12-13-14-15(2)16/h14-16H,3-13H2,1-2H3. The van der Waals surface area contributed by atoms with Gasteiger partial charge in [-0.15, -0.1) is 0 Å². The van der Waals surface area contributed by atoms with Gasteiger partial charge in [-0.05, 0) is 19.8 Å². The second kappa shape index (κ2) is 13.0. The first-order valence-electron chi connectivity index (χ1n) is 7.28. The Morgan fingerprint density at radius 3 is 1.69 bits per heavy atom. The molecule has 0 aromatic carbocycles. The van der Waals surface area contributed by atoms with Crippen LogP contribution in [0.25, 0.3) is 0 Å². The van der Waals surface area contributed by atoms with E-state index >= 15 is 0 Å². The van der Waals surface area contributed by atoms with Crippen LogP contribution < -0.4 is 0 Å². The monoisotopic (exact) mass is 227 g/mol. The molecule has 1 radical (unpaired) electrons. The molecule has 1 nitrogen and oxygen atoms in total. The summed E-state index contributed by atoms with van der Waals surface area (Å²) in [5.41, 5.74) is 0. The topological polar surface area (TPSA) is 20.2 Å². The average Bonchev–Trinajstić information content (AvgIpc) is 2.25. The molecule has 16 heavy (non-hydrogen) atoms. The van der Waals surface area contributed by atoms with Crippen molar-refractivity contribution < 1.29 is 5.11 Å². The number of hydrogen-bond donors (Lipinski definition) is 1. The van der Waals surface area contributed by atoms with Crippen molar-refractivity contribution in [1.29, 1.82) is 0 Å². The summed E-state index contributed by atoms with van der Waals surface area (Å²) >= 11 is 0. The molecule has 1 heteroatoms. The minimum atomic E-state index is -0.224. The summed E-state index contributed by atoms with van der Waals surface area (Å²) in [6, 6.07) is 0. The van der Waals surface area contributed by atoms with E-state index in [-0.39, 0.29) is 6.10 Å². The van der Waals surface area contributed by atoms with Crippen molar-refractivity contribution in [2.75, 3.05) is 0 Å². The average molecular weight is 227 g/mol. The fourth-order valence-electron chi connectivity index (χ4n) is 1.99. The molecule has 0 amide bonds. The molecule has 0 rings (SSSR count). The second-order valence-corrected chi connectivity index (χ2v) is 4.95. The van der Waals surface area contributed by atoms with Gasteiger partial charge in [-0.1, -0.05) is 71.1 Å². The van der Waals surface area contributed by atoms with Gasteiger partial charge >= 0.3 is 0 Å². The van der Waals surface area contributed by atoms with Gasteiger partial charge in [0.25, 0.3) is 0 Å². The van der Waals surface area contributed by atoms with Crippen LogP contribution in [-0.4, -0.2) is 11.2 Å². The zero-order valence-corrected chi connectivity index (χ0v) is 11.4. The van der Waals surface area contributed by atoms with E-state index in [9.17, 15) is 0 Å². The molecular weight excluding hydrogens is 196 g/mol. The molecule has 0 aromatic heterocycles. The Kier molecular flexibility index (Phi) is 13.0. The van der Waals surface area contributed by atoms with Gasteiger partial charge in [0.15, 0.2) is 0 Å². The van der Waals surface area contributed by atoms with Gasteiger partial charge in [0.1, 0.15) is 0 Å². The van der Waals surface area contributed by atoms with Crippen LogP contribution in [-0.2, 0) is 0 Å². The lowest BCUT2D eigenvalue weighted by molar-refractivity contribution is 0.222. The van der Waals surface area contributed by atoms with E-state index in [1.165, 1.54) is 64.2 Å². The highest BCUT2D eigenvalue weighted by atomic mass is 16.3. The van der Waals surface area contributed by atoms with E-state index in [1.807, 2.05) is 13.3 Å². The minimum Gasteiger partial charge on any atom is -0.393 e. The smallest absolute Gasteiger partial charge is 0.0543 e. The molecule has 0 spiro atoms. The molecule has 97 valence electrons. The summed E-state index contributed by atoms with van der Waals surface area (Å²) in [4.78, 5) is 0. The van der Waals surface area contributed by atoms with Crippen molar-refractivity contribution in [1.82, 2.24) is 0 Å². The minimum absolute atomic E-state index is 0.224. The van der Waals surface area contributed by atoms with Gasteiger partial charge < -0.3 is 5.11 Å². The largest absolute Gasteiger partial charge is 0.393 e. The first kappa shape index (κ1) is 16.0. The highest BCUT2D eigenvalue weighted by molar-refractivity contribution is 4.70. The van der Waals surface area contributed by atoms with Gasteiger partial charge in [-0.25, -0.2) is 0 Å². The Labute approximate surface area is 103 Å². The SMILES string of the molecule is CCCCCCCCCCCC[CH]C(C)O. The Morgan fingerprint density at radius 2 is 1.25 bits per heavy atom. The third-order valence-electron chi connectivity index (χ3n) is 3.07. The third-order valence-corrected chi connectivity index (χ3v) is 3.07. The first-order chi connectivity index (χ1) is 7.77. The Bertz CT molecular complexity index is 121. The highest BCUT2D eigenvalue weighted by Gasteiger charge is 1.96. The predicted octanol–water partition coefficient (Wildman–Crippen LogP) is 4.88. The van der Waals surface area contributed by atoms with Crippen LogP contribution in [0.5, 0.6) is 0 Å². The quantitative estimate of drug-likeness (QED) is 0.471. The number of rotatable bonds is 12. The Balaban J connectivity index is 2.88. The third kappa shape index (κ3) is 14.0. The fourth-order valence-corrected chi connectivity index (χ4v) is 1.99. The molecule has 0 aliphatic heterocycles. The molecule has 0 bridgehead atoms. The maximum Gasteiger partial charge on any atom is 0.0543 e. The molecule has 0 aromatic rings. The van der Waals surface area contributed by atoms with Gasteiger partial charge in [-0.2, -0.15) is 0 Å². The van der Waals surface area contributed by atoms with E-state index in [0.717, 1.165) is 6.42 Å². The van der Waals surface area contributed by atoms with Crippen molar-refractivity contribution in [3.63, 3.8) is 0 Å². The lowest BCUT2D eigenvalue weighted by atomic mass is 10.0. The van der Waals surface area contributed by atoms with E-state index in [4.69, 9.17) is 5.11 Å². The summed E-state index contributed by atoms with van der Waals surface area (Å²) in [5, 5.41) is 9.04. The molecule has 1 unspecified atom stereocenters. The van der Waals surface area contributed by atoms with Crippen molar-refractivity contribution >= 4 is 0 Å². The summed E-state index contributed by atoms with van der Waals surface area (Å²) in [5.74, 6) is 0. The summed E-state index contributed by atoms with van der Waals surface area (Å²) < 4.78 is 0. The van der Waals surface area contributed by atoms with Crippen LogP contribution in [0.15, 0.2) is 0 Å². The fraction of sp³-hybridized carbons (Fsp3) is 0.933. The molecule has 1 atom stereocenters. The van der Waals surface area contributed by atoms with Crippen LogP contribution in [0, 0.1) is 6.42 Å². The molecule has 0 aliphatic carbocycles. The highest BCUT2D eigenvalue weighted by Crippen LogP contribution is 2.11. The number of aliphatic hydroxyl groups excluding tert-OH is 1. The molecule has 0 saturated heterocycles. The van der Waals surface area contributed by atoms with Crippen molar-refractivity contribution in [3.8, 4) is 0 Å². The summed E-state index contributed by atoms with van der Waals surface area (Å²) in [7, 11) is 0. The van der Waals surface area contributed by atoms with Crippen LogP contribution in [0.3, 0.4) is 0 Å². The van der Waals surface area contributed by atoms with Gasteiger partial charge in [0.05, 0.1) is 6.10 Å². The van der Waals surface area contributed by atoms with Gasteiger partial charge in [-0.3, -0.25) is 0 Å². The molecule has 1 N–H and O–H groups in total. The molecule has 0 heterocycles. The van der Waals surface area contributed by atoms with Crippen LogP contribution >= 0.6 is 0 Å². The van der Waals surface area contributed by atoms with Gasteiger partial charge in [0, 0.05) is 0 Å². The van der Waals surface area contributed by atoms with E-state index in [0.29, 0.717) is 0 Å². The second-order valence-electron chi connectivity index (χ2n) is 4.95. The van der Waals surface area contributed by atoms with Gasteiger partial charge in [0.2, 0.25) is 0 Å². The van der Waals surface area contributed by atoms with E-state index in [2.05, 4.69) is 6.92 Å². The molecular formula is C15H31O.